The summed E-state index contributed by atoms with van der Waals surface area (Å²) in [7, 11) is 0. The Balaban J connectivity index is 2.31. The number of carbonyl (C=O) groups excluding carboxylic acids is 1. The predicted molar refractivity (Wildman–Crippen MR) is 79.5 cm³/mol. The minimum Gasteiger partial charge on any atom is -0.398 e. The highest BCUT2D eigenvalue weighted by Crippen LogP contribution is 2.20. The lowest BCUT2D eigenvalue weighted by Gasteiger charge is -2.08. The van der Waals surface area contributed by atoms with Crippen molar-refractivity contribution >= 4 is 11.5 Å². The first-order valence-electron chi connectivity index (χ1n) is 6.62. The van der Waals surface area contributed by atoms with Gasteiger partial charge in [0.05, 0.1) is 0 Å². The quantitative estimate of drug-likeness (QED) is 0.666. The molecule has 19 heavy (non-hydrogen) atoms. The Morgan fingerprint density at radius 2 is 1.79 bits per heavy atom. The largest absolute Gasteiger partial charge is 0.398 e. The van der Waals surface area contributed by atoms with E-state index in [1.54, 1.807) is 6.07 Å². The molecule has 0 aliphatic carbocycles. The second kappa shape index (κ2) is 5.70. The summed E-state index contributed by atoms with van der Waals surface area (Å²) in [5, 5.41) is 0. The molecule has 98 valence electrons. The van der Waals surface area contributed by atoms with Crippen LogP contribution in [0.5, 0.6) is 0 Å². The van der Waals surface area contributed by atoms with Crippen LogP contribution in [-0.4, -0.2) is 5.78 Å². The van der Waals surface area contributed by atoms with Crippen molar-refractivity contribution in [3.05, 3.63) is 64.7 Å². The van der Waals surface area contributed by atoms with Gasteiger partial charge in [-0.25, -0.2) is 0 Å². The van der Waals surface area contributed by atoms with E-state index in [9.17, 15) is 4.79 Å². The smallest absolute Gasteiger partial charge is 0.195 e. The van der Waals surface area contributed by atoms with Crippen molar-refractivity contribution in [2.45, 2.75) is 26.7 Å². The predicted octanol–water partition coefficient (Wildman–Crippen LogP) is 3.76. The number of hydrogen-bond acceptors (Lipinski definition) is 2. The van der Waals surface area contributed by atoms with Crippen LogP contribution in [0.3, 0.4) is 0 Å². The first-order chi connectivity index (χ1) is 9.13. The van der Waals surface area contributed by atoms with Gasteiger partial charge in [-0.2, -0.15) is 0 Å². The number of ketones is 1. The molecule has 2 N–H and O–H groups in total. The van der Waals surface area contributed by atoms with Crippen LogP contribution in [-0.2, 0) is 6.42 Å². The lowest BCUT2D eigenvalue weighted by Crippen LogP contribution is -2.06. The molecule has 0 spiro atoms. The third-order valence-corrected chi connectivity index (χ3v) is 3.32. The summed E-state index contributed by atoms with van der Waals surface area (Å²) >= 11 is 0. The van der Waals surface area contributed by atoms with E-state index in [2.05, 4.69) is 6.92 Å². The van der Waals surface area contributed by atoms with Crippen molar-refractivity contribution in [2.24, 2.45) is 0 Å². The van der Waals surface area contributed by atoms with E-state index in [0.717, 1.165) is 18.4 Å². The monoisotopic (exact) mass is 253 g/mol. The molecule has 0 radical (unpaired) electrons. The van der Waals surface area contributed by atoms with E-state index in [4.69, 9.17) is 5.73 Å². The van der Waals surface area contributed by atoms with Gasteiger partial charge in [-0.1, -0.05) is 49.7 Å². The highest BCUT2D eigenvalue weighted by molar-refractivity contribution is 6.12. The molecule has 0 heterocycles. The molecule has 0 saturated carbocycles. The van der Waals surface area contributed by atoms with E-state index >= 15 is 0 Å². The van der Waals surface area contributed by atoms with Gasteiger partial charge in [0.15, 0.2) is 5.78 Å². The van der Waals surface area contributed by atoms with Gasteiger partial charge >= 0.3 is 0 Å². The Bertz CT molecular complexity index is 585. The normalized spacial score (nSPS) is 10.4. The van der Waals surface area contributed by atoms with Crippen LogP contribution in [0.2, 0.25) is 0 Å². The third kappa shape index (κ3) is 2.84. The van der Waals surface area contributed by atoms with Crippen LogP contribution in [0.4, 0.5) is 5.69 Å². The zero-order valence-electron chi connectivity index (χ0n) is 11.4. The van der Waals surface area contributed by atoms with Crippen molar-refractivity contribution in [3.8, 4) is 0 Å². The van der Waals surface area contributed by atoms with Gasteiger partial charge in [-0.15, -0.1) is 0 Å². The van der Waals surface area contributed by atoms with Crippen molar-refractivity contribution in [3.63, 3.8) is 0 Å². The summed E-state index contributed by atoms with van der Waals surface area (Å²) in [6, 6.07) is 13.4. The van der Waals surface area contributed by atoms with Gasteiger partial charge in [-0.3, -0.25) is 4.79 Å². The van der Waals surface area contributed by atoms with Gasteiger partial charge in [-0.05, 0) is 30.5 Å². The van der Waals surface area contributed by atoms with Crippen molar-refractivity contribution in [1.82, 2.24) is 0 Å². The highest BCUT2D eigenvalue weighted by Gasteiger charge is 2.13. The van der Waals surface area contributed by atoms with Gasteiger partial charge in [0.25, 0.3) is 0 Å². The van der Waals surface area contributed by atoms with Gasteiger partial charge in [0.2, 0.25) is 0 Å². The molecule has 0 fully saturated rings. The maximum atomic E-state index is 12.4. The molecule has 0 atom stereocenters. The lowest BCUT2D eigenvalue weighted by molar-refractivity contribution is 0.103. The third-order valence-electron chi connectivity index (χ3n) is 3.32. The van der Waals surface area contributed by atoms with Crippen molar-refractivity contribution < 1.29 is 4.79 Å². The average molecular weight is 253 g/mol. The molecule has 0 bridgehead atoms. The van der Waals surface area contributed by atoms with Crippen LogP contribution in [0.15, 0.2) is 42.5 Å². The van der Waals surface area contributed by atoms with Crippen LogP contribution in [0.1, 0.15) is 40.4 Å². The highest BCUT2D eigenvalue weighted by atomic mass is 16.1. The maximum Gasteiger partial charge on any atom is 0.195 e. The molecule has 0 unspecified atom stereocenters. The van der Waals surface area contributed by atoms with Crippen LogP contribution >= 0.6 is 0 Å². The van der Waals surface area contributed by atoms with E-state index in [1.807, 2.05) is 43.3 Å². The number of nitrogens with two attached hydrogens (primary N) is 1. The van der Waals surface area contributed by atoms with Gasteiger partial charge in [0, 0.05) is 16.8 Å². The Morgan fingerprint density at radius 3 is 2.42 bits per heavy atom. The number of anilines is 1. The summed E-state index contributed by atoms with van der Waals surface area (Å²) in [6.07, 6.45) is 2.15. The minimum atomic E-state index is -0.00996. The number of hydrogen-bond donors (Lipinski definition) is 1. The molecule has 2 nitrogen and oxygen atoms in total. The molecule has 2 heteroatoms. The summed E-state index contributed by atoms with van der Waals surface area (Å²) < 4.78 is 0. The molecule has 0 amide bonds. The summed E-state index contributed by atoms with van der Waals surface area (Å²) in [6.45, 7) is 4.06. The molecule has 2 aromatic carbocycles. The van der Waals surface area contributed by atoms with E-state index < -0.39 is 0 Å². The number of carbonyl (C=O) groups is 1. The van der Waals surface area contributed by atoms with E-state index in [-0.39, 0.29) is 5.78 Å². The van der Waals surface area contributed by atoms with Crippen LogP contribution in [0, 0.1) is 6.92 Å². The first kappa shape index (κ1) is 13.3. The fourth-order valence-electron chi connectivity index (χ4n) is 2.15. The van der Waals surface area contributed by atoms with E-state index in [0.29, 0.717) is 16.8 Å². The fourth-order valence-corrected chi connectivity index (χ4v) is 2.15. The topological polar surface area (TPSA) is 43.1 Å². The number of benzene rings is 2. The number of nitrogen functional groups attached to an aromatic ring is 1. The molecular formula is C17H19NO. The Hall–Kier alpha value is -2.09. The van der Waals surface area contributed by atoms with Gasteiger partial charge < -0.3 is 5.73 Å². The molecule has 2 rings (SSSR count). The average Bonchev–Trinajstić information content (AvgIpc) is 2.42. The molecule has 0 aromatic heterocycles. The second-order valence-electron chi connectivity index (χ2n) is 4.81. The summed E-state index contributed by atoms with van der Waals surface area (Å²) in [4.78, 5) is 12.4. The number of aryl methyl sites for hydroxylation is 2. The molecular weight excluding hydrogens is 234 g/mol. The summed E-state index contributed by atoms with van der Waals surface area (Å²) in [5.41, 5.74) is 10.0. The van der Waals surface area contributed by atoms with E-state index in [1.165, 1.54) is 5.56 Å². The number of rotatable bonds is 4. The number of para-hydroxylation sites is 1. The minimum absolute atomic E-state index is 0.00996. The first-order valence-corrected chi connectivity index (χ1v) is 6.62. The molecule has 0 aliphatic rings. The second-order valence-corrected chi connectivity index (χ2v) is 4.81. The molecule has 2 aromatic rings. The Morgan fingerprint density at radius 1 is 1.11 bits per heavy atom. The SMILES string of the molecule is CCCc1ccc(C(=O)c2cccc(C)c2N)cc1. The lowest BCUT2D eigenvalue weighted by atomic mass is 9.98. The fraction of sp³-hybridized carbons (Fsp3) is 0.235. The van der Waals surface area contributed by atoms with Crippen molar-refractivity contribution in [1.29, 1.82) is 0 Å². The molecule has 0 saturated heterocycles. The molecule has 0 aliphatic heterocycles. The zero-order chi connectivity index (χ0) is 13.8. The van der Waals surface area contributed by atoms with Crippen molar-refractivity contribution in [2.75, 3.05) is 5.73 Å². The maximum absolute atomic E-state index is 12.4. The Kier molecular flexibility index (Phi) is 4.00. The van der Waals surface area contributed by atoms with Crippen LogP contribution < -0.4 is 5.73 Å². The standard InChI is InChI=1S/C17H19NO/c1-3-5-13-8-10-14(11-9-13)17(19)15-7-4-6-12(2)16(15)18/h4,6-11H,3,5,18H2,1-2H3. The Labute approximate surface area is 114 Å². The van der Waals surface area contributed by atoms with Crippen LogP contribution in [0.25, 0.3) is 0 Å². The summed E-state index contributed by atoms with van der Waals surface area (Å²) in [5.74, 6) is -0.00996. The van der Waals surface area contributed by atoms with Gasteiger partial charge in [0.1, 0.15) is 0 Å². The zero-order valence-corrected chi connectivity index (χ0v) is 11.4.